The molecule has 1 aromatic rings. The number of aliphatic hydroxyl groups excluding tert-OH is 1. The largest absolute Gasteiger partial charge is 0.393 e. The van der Waals surface area contributed by atoms with Crippen molar-refractivity contribution < 1.29 is 14.4 Å². The average molecular weight is 256 g/mol. The van der Waals surface area contributed by atoms with Crippen LogP contribution in [0.25, 0.3) is 0 Å². The fourth-order valence-corrected chi connectivity index (χ4v) is 1.34. The van der Waals surface area contributed by atoms with Crippen molar-refractivity contribution in [3.63, 3.8) is 0 Å². The van der Waals surface area contributed by atoms with Gasteiger partial charge in [-0.15, -0.1) is 0 Å². The van der Waals surface area contributed by atoms with Crippen LogP contribution in [-0.4, -0.2) is 40.5 Å². The molecule has 7 heteroatoms. The smallest absolute Gasteiger partial charge is 0.314 e. The van der Waals surface area contributed by atoms with E-state index in [2.05, 4.69) is 20.8 Å². The van der Waals surface area contributed by atoms with Crippen LogP contribution in [0.2, 0.25) is 0 Å². The number of nitrogens with one attached hydrogen (secondary N) is 2. The topological polar surface area (TPSA) is 100 Å². The van der Waals surface area contributed by atoms with Gasteiger partial charge in [0.15, 0.2) is 5.82 Å². The second kappa shape index (κ2) is 7.65. The molecule has 0 aliphatic carbocycles. The van der Waals surface area contributed by atoms with Crippen molar-refractivity contribution in [2.45, 2.75) is 39.2 Å². The summed E-state index contributed by atoms with van der Waals surface area (Å²) in [6.07, 6.45) is 1.41. The molecule has 1 atom stereocenters. The normalized spacial score (nSPS) is 12.2. The number of aliphatic hydroxyl groups is 1. The molecule has 3 N–H and O–H groups in total. The third-order valence-corrected chi connectivity index (χ3v) is 2.43. The third-order valence-electron chi connectivity index (χ3n) is 2.43. The summed E-state index contributed by atoms with van der Waals surface area (Å²) < 4.78 is 4.91. The first-order valence-corrected chi connectivity index (χ1v) is 6.10. The van der Waals surface area contributed by atoms with Crippen LogP contribution in [0.1, 0.15) is 31.5 Å². The van der Waals surface area contributed by atoms with Crippen LogP contribution in [0.4, 0.5) is 4.79 Å². The van der Waals surface area contributed by atoms with Gasteiger partial charge in [0.25, 0.3) is 0 Å². The van der Waals surface area contributed by atoms with Gasteiger partial charge in [-0.25, -0.2) is 4.79 Å². The molecule has 1 heterocycles. The number of urea groups is 1. The summed E-state index contributed by atoms with van der Waals surface area (Å²) in [6, 6.07) is -0.255. The Morgan fingerprint density at radius 3 is 2.78 bits per heavy atom. The molecule has 0 fully saturated rings. The molecule has 2 amide bonds. The number of rotatable bonds is 7. The van der Waals surface area contributed by atoms with Crippen LogP contribution in [0, 0.1) is 6.92 Å². The van der Waals surface area contributed by atoms with Crippen molar-refractivity contribution >= 4 is 6.03 Å². The number of nitrogens with zero attached hydrogens (tertiary/aromatic N) is 2. The van der Waals surface area contributed by atoms with Gasteiger partial charge in [-0.05, 0) is 19.8 Å². The fraction of sp³-hybridized carbons (Fsp3) is 0.727. The Kier molecular flexibility index (Phi) is 6.13. The molecule has 7 nitrogen and oxygen atoms in total. The van der Waals surface area contributed by atoms with E-state index in [1.54, 1.807) is 6.92 Å². The Morgan fingerprint density at radius 2 is 2.17 bits per heavy atom. The highest BCUT2D eigenvalue weighted by atomic mass is 16.5. The summed E-state index contributed by atoms with van der Waals surface area (Å²) in [7, 11) is 0. The van der Waals surface area contributed by atoms with Gasteiger partial charge in [0.05, 0.1) is 6.10 Å². The van der Waals surface area contributed by atoms with E-state index in [-0.39, 0.29) is 12.1 Å². The number of aryl methyl sites for hydroxylation is 1. The maximum absolute atomic E-state index is 11.3. The number of hydrogen-bond donors (Lipinski definition) is 3. The minimum Gasteiger partial charge on any atom is -0.393 e. The molecular weight excluding hydrogens is 236 g/mol. The number of hydrogen-bond acceptors (Lipinski definition) is 5. The van der Waals surface area contributed by atoms with E-state index in [1.165, 1.54) is 0 Å². The van der Waals surface area contributed by atoms with Crippen LogP contribution in [-0.2, 0) is 6.42 Å². The molecule has 0 saturated heterocycles. The Hall–Kier alpha value is -1.63. The molecule has 1 unspecified atom stereocenters. The van der Waals surface area contributed by atoms with Crippen molar-refractivity contribution in [3.05, 3.63) is 11.7 Å². The molecule has 1 aromatic heterocycles. The van der Waals surface area contributed by atoms with Gasteiger partial charge < -0.3 is 20.3 Å². The van der Waals surface area contributed by atoms with Crippen LogP contribution in [0.5, 0.6) is 0 Å². The monoisotopic (exact) mass is 256 g/mol. The highest BCUT2D eigenvalue weighted by molar-refractivity contribution is 5.73. The Morgan fingerprint density at radius 1 is 1.44 bits per heavy atom. The maximum atomic E-state index is 11.3. The lowest BCUT2D eigenvalue weighted by Crippen LogP contribution is -2.37. The Labute approximate surface area is 106 Å². The van der Waals surface area contributed by atoms with Crippen molar-refractivity contribution in [1.82, 2.24) is 20.8 Å². The fourth-order valence-electron chi connectivity index (χ4n) is 1.34. The maximum Gasteiger partial charge on any atom is 0.314 e. The Bertz CT molecular complexity index is 367. The summed E-state index contributed by atoms with van der Waals surface area (Å²) in [6.45, 7) is 4.54. The zero-order chi connectivity index (χ0) is 13.4. The lowest BCUT2D eigenvalue weighted by Gasteiger charge is -2.09. The second-order valence-corrected chi connectivity index (χ2v) is 4.02. The number of carbonyl (C=O) groups is 1. The standard InChI is InChI=1S/C11H20N4O3/c1-3-9(16)4-6-12-11(17)13-7-5-10-14-8(2)15-18-10/h9,16H,3-7H2,1-2H3,(H2,12,13,17). The van der Waals surface area contributed by atoms with Crippen molar-refractivity contribution in [2.75, 3.05) is 13.1 Å². The molecule has 0 aliphatic heterocycles. The molecule has 0 saturated carbocycles. The van der Waals surface area contributed by atoms with Crippen LogP contribution >= 0.6 is 0 Å². The first-order chi connectivity index (χ1) is 8.61. The zero-order valence-corrected chi connectivity index (χ0v) is 10.8. The van der Waals surface area contributed by atoms with Gasteiger partial charge in [0.2, 0.25) is 5.89 Å². The molecule has 0 radical (unpaired) electrons. The van der Waals surface area contributed by atoms with Crippen LogP contribution in [0.15, 0.2) is 4.52 Å². The molecule has 0 aromatic carbocycles. The van der Waals surface area contributed by atoms with E-state index >= 15 is 0 Å². The molecule has 1 rings (SSSR count). The SMILES string of the molecule is CCC(O)CCNC(=O)NCCc1nc(C)no1. The first kappa shape index (κ1) is 14.4. The summed E-state index contributed by atoms with van der Waals surface area (Å²) >= 11 is 0. The van der Waals surface area contributed by atoms with Gasteiger partial charge in [0.1, 0.15) is 0 Å². The quantitative estimate of drug-likeness (QED) is 0.655. The molecule has 102 valence electrons. The van der Waals surface area contributed by atoms with Crippen molar-refractivity contribution in [3.8, 4) is 0 Å². The van der Waals surface area contributed by atoms with Crippen LogP contribution in [0.3, 0.4) is 0 Å². The third kappa shape index (κ3) is 5.62. The molecule has 18 heavy (non-hydrogen) atoms. The molecule has 0 spiro atoms. The summed E-state index contributed by atoms with van der Waals surface area (Å²) in [5.74, 6) is 1.09. The van der Waals surface area contributed by atoms with E-state index in [4.69, 9.17) is 4.52 Å². The molecule has 0 bridgehead atoms. The molecule has 0 aliphatic rings. The van der Waals surface area contributed by atoms with Gasteiger partial charge in [-0.2, -0.15) is 4.98 Å². The number of amides is 2. The predicted molar refractivity (Wildman–Crippen MR) is 65.1 cm³/mol. The van der Waals surface area contributed by atoms with Gasteiger partial charge in [-0.3, -0.25) is 0 Å². The van der Waals surface area contributed by atoms with E-state index in [0.717, 1.165) is 0 Å². The summed E-state index contributed by atoms with van der Waals surface area (Å²) in [5, 5.41) is 18.3. The van der Waals surface area contributed by atoms with E-state index in [0.29, 0.717) is 44.1 Å². The van der Waals surface area contributed by atoms with Gasteiger partial charge >= 0.3 is 6.03 Å². The van der Waals surface area contributed by atoms with Gasteiger partial charge in [-0.1, -0.05) is 12.1 Å². The predicted octanol–water partition coefficient (Wildman–Crippen LogP) is 0.381. The van der Waals surface area contributed by atoms with E-state index < -0.39 is 0 Å². The van der Waals surface area contributed by atoms with E-state index in [1.807, 2.05) is 6.92 Å². The highest BCUT2D eigenvalue weighted by Crippen LogP contribution is 1.96. The first-order valence-electron chi connectivity index (χ1n) is 6.10. The minimum absolute atomic E-state index is 0.255. The number of carbonyl (C=O) groups excluding carboxylic acids is 1. The van der Waals surface area contributed by atoms with Crippen molar-refractivity contribution in [1.29, 1.82) is 0 Å². The summed E-state index contributed by atoms with van der Waals surface area (Å²) in [4.78, 5) is 15.4. The number of aromatic nitrogens is 2. The lowest BCUT2D eigenvalue weighted by atomic mass is 10.2. The average Bonchev–Trinajstić information content (AvgIpc) is 2.75. The van der Waals surface area contributed by atoms with E-state index in [9.17, 15) is 9.90 Å². The minimum atomic E-state index is -0.355. The summed E-state index contributed by atoms with van der Waals surface area (Å²) in [5.41, 5.74) is 0. The molecular formula is C11H20N4O3. The second-order valence-electron chi connectivity index (χ2n) is 4.02. The lowest BCUT2D eigenvalue weighted by molar-refractivity contribution is 0.160. The zero-order valence-electron chi connectivity index (χ0n) is 10.8. The van der Waals surface area contributed by atoms with Crippen LogP contribution < -0.4 is 10.6 Å². The van der Waals surface area contributed by atoms with Crippen molar-refractivity contribution in [2.24, 2.45) is 0 Å². The Balaban J connectivity index is 2.06. The highest BCUT2D eigenvalue weighted by Gasteiger charge is 2.05. The van der Waals surface area contributed by atoms with Gasteiger partial charge in [0, 0.05) is 19.5 Å².